The molecule has 0 aliphatic carbocycles. The highest BCUT2D eigenvalue weighted by atomic mass is 127. The third-order valence-electron chi connectivity index (χ3n) is 1.70. The molecular weight excluding hydrogens is 333 g/mol. The molecule has 0 saturated carbocycles. The van der Waals surface area contributed by atoms with E-state index in [1.54, 1.807) is 28.7 Å². The van der Waals surface area contributed by atoms with E-state index in [1.165, 1.54) is 6.07 Å². The number of aromatic nitrogens is 1. The Morgan fingerprint density at radius 1 is 1.69 bits per heavy atom. The Hall–Kier alpha value is -1.30. The molecule has 1 N–H and O–H groups in total. The molecule has 0 aliphatic rings. The molecule has 1 aromatic heterocycles. The minimum atomic E-state index is -2.83. The maximum atomic E-state index is 12.5. The summed E-state index contributed by atoms with van der Waals surface area (Å²) >= 11 is 1.59. The van der Waals surface area contributed by atoms with Gasteiger partial charge in [-0.15, -0.1) is 0 Å². The van der Waals surface area contributed by atoms with Crippen molar-refractivity contribution in [3.8, 4) is 6.07 Å². The van der Waals surface area contributed by atoms with Crippen LogP contribution in [-0.2, 0) is 11.2 Å². The van der Waals surface area contributed by atoms with Gasteiger partial charge in [0.2, 0.25) is 0 Å². The molecule has 16 heavy (non-hydrogen) atoms. The predicted molar refractivity (Wildman–Crippen MR) is 58.0 cm³/mol. The van der Waals surface area contributed by atoms with E-state index < -0.39 is 24.5 Å². The molecule has 0 radical (unpaired) electrons. The number of pyridine rings is 1. The van der Waals surface area contributed by atoms with Crippen molar-refractivity contribution in [1.82, 2.24) is 4.98 Å². The number of nitriles is 1. The van der Waals surface area contributed by atoms with Gasteiger partial charge in [0.05, 0.1) is 21.2 Å². The highest BCUT2D eigenvalue weighted by Crippen LogP contribution is 2.25. The second kappa shape index (κ2) is 5.16. The van der Waals surface area contributed by atoms with Crippen LogP contribution < -0.4 is 0 Å². The number of carboxylic acids is 1. The minimum absolute atomic E-state index is 0.0159. The average Bonchev–Trinajstić information content (AvgIpc) is 2.19. The van der Waals surface area contributed by atoms with Crippen LogP contribution in [0.25, 0.3) is 0 Å². The first-order chi connectivity index (χ1) is 7.45. The third kappa shape index (κ3) is 2.85. The van der Waals surface area contributed by atoms with Gasteiger partial charge in [-0.2, -0.15) is 5.26 Å². The van der Waals surface area contributed by atoms with Crippen LogP contribution in [0.5, 0.6) is 0 Å². The van der Waals surface area contributed by atoms with Crippen molar-refractivity contribution in [3.63, 3.8) is 0 Å². The highest BCUT2D eigenvalue weighted by molar-refractivity contribution is 14.1. The summed E-state index contributed by atoms with van der Waals surface area (Å²) in [4.78, 5) is 14.0. The van der Waals surface area contributed by atoms with Crippen LogP contribution in [0.15, 0.2) is 6.07 Å². The molecule has 1 aromatic rings. The number of halogens is 3. The van der Waals surface area contributed by atoms with Crippen molar-refractivity contribution in [2.24, 2.45) is 0 Å². The van der Waals surface area contributed by atoms with Crippen LogP contribution in [0.2, 0.25) is 0 Å². The van der Waals surface area contributed by atoms with E-state index in [1.807, 2.05) is 0 Å². The zero-order valence-electron chi connectivity index (χ0n) is 7.75. The van der Waals surface area contributed by atoms with E-state index in [4.69, 9.17) is 10.4 Å². The Morgan fingerprint density at radius 3 is 2.75 bits per heavy atom. The van der Waals surface area contributed by atoms with E-state index in [9.17, 15) is 13.6 Å². The summed E-state index contributed by atoms with van der Waals surface area (Å²) in [6.07, 6.45) is -3.31. The lowest BCUT2D eigenvalue weighted by atomic mass is 10.1. The fourth-order valence-corrected chi connectivity index (χ4v) is 1.71. The molecule has 0 atom stereocenters. The number of aliphatic carboxylic acids is 1. The number of nitrogens with zero attached hydrogens (tertiary/aromatic N) is 2. The van der Waals surface area contributed by atoms with Crippen molar-refractivity contribution < 1.29 is 18.7 Å². The molecule has 7 heteroatoms. The number of hydrogen-bond acceptors (Lipinski definition) is 3. The van der Waals surface area contributed by atoms with Gasteiger partial charge in [-0.1, -0.05) is 0 Å². The number of alkyl halides is 2. The molecule has 0 spiro atoms. The molecule has 0 aliphatic heterocycles. The molecule has 84 valence electrons. The van der Waals surface area contributed by atoms with Crippen molar-refractivity contribution in [2.75, 3.05) is 0 Å². The summed E-state index contributed by atoms with van der Waals surface area (Å²) in [5, 5.41) is 17.2. The molecule has 0 amide bonds. The third-order valence-corrected chi connectivity index (χ3v) is 2.83. The zero-order valence-corrected chi connectivity index (χ0v) is 9.90. The fourth-order valence-electron chi connectivity index (χ4n) is 1.08. The van der Waals surface area contributed by atoms with E-state index in [2.05, 4.69) is 4.98 Å². The Labute approximate surface area is 103 Å². The first-order valence-electron chi connectivity index (χ1n) is 4.05. The Morgan fingerprint density at radius 2 is 2.31 bits per heavy atom. The van der Waals surface area contributed by atoms with Gasteiger partial charge in [-0.25, -0.2) is 8.78 Å². The summed E-state index contributed by atoms with van der Waals surface area (Å²) in [6, 6.07) is 2.94. The minimum Gasteiger partial charge on any atom is -0.481 e. The monoisotopic (exact) mass is 338 g/mol. The van der Waals surface area contributed by atoms with Crippen LogP contribution >= 0.6 is 22.6 Å². The normalized spacial score (nSPS) is 10.2. The van der Waals surface area contributed by atoms with Gasteiger partial charge in [0.15, 0.2) is 0 Å². The fraction of sp³-hybridized carbons (Fsp3) is 0.222. The van der Waals surface area contributed by atoms with Gasteiger partial charge in [0, 0.05) is 0 Å². The number of hydrogen-bond donors (Lipinski definition) is 1. The van der Waals surface area contributed by atoms with Crippen LogP contribution in [0, 0.1) is 14.9 Å². The van der Waals surface area contributed by atoms with Gasteiger partial charge in [-0.3, -0.25) is 9.78 Å². The Bertz CT molecular complexity index is 471. The second-order valence-corrected chi connectivity index (χ2v) is 3.92. The zero-order chi connectivity index (χ0) is 12.3. The lowest BCUT2D eigenvalue weighted by molar-refractivity contribution is -0.136. The largest absolute Gasteiger partial charge is 0.481 e. The summed E-state index contributed by atoms with van der Waals surface area (Å²) in [5.41, 5.74) is -0.571. The second-order valence-electron chi connectivity index (χ2n) is 2.84. The SMILES string of the molecule is N#Cc1cc(CC(=O)O)nc(C(F)F)c1I. The van der Waals surface area contributed by atoms with E-state index in [0.717, 1.165) is 0 Å². The molecule has 0 bridgehead atoms. The molecule has 1 rings (SSSR count). The summed E-state index contributed by atoms with van der Waals surface area (Å²) in [5.74, 6) is -1.18. The summed E-state index contributed by atoms with van der Waals surface area (Å²) in [7, 11) is 0. The van der Waals surface area contributed by atoms with E-state index in [-0.39, 0.29) is 14.8 Å². The van der Waals surface area contributed by atoms with Crippen molar-refractivity contribution in [2.45, 2.75) is 12.8 Å². The lowest BCUT2D eigenvalue weighted by Gasteiger charge is -2.06. The lowest BCUT2D eigenvalue weighted by Crippen LogP contribution is -2.07. The Balaban J connectivity index is 3.29. The smallest absolute Gasteiger partial charge is 0.309 e. The molecular formula is C9H5F2IN2O2. The van der Waals surface area contributed by atoms with Gasteiger partial charge in [-0.05, 0) is 28.7 Å². The van der Waals surface area contributed by atoms with Crippen molar-refractivity contribution >= 4 is 28.6 Å². The number of rotatable bonds is 3. The quantitative estimate of drug-likeness (QED) is 0.857. The first kappa shape index (κ1) is 12.8. The highest BCUT2D eigenvalue weighted by Gasteiger charge is 2.18. The van der Waals surface area contributed by atoms with Gasteiger partial charge in [0.25, 0.3) is 6.43 Å². The standard InChI is InChI=1S/C9H5F2IN2O2/c10-9(11)8-7(12)4(3-13)1-5(14-8)2-6(15)16/h1,9H,2H2,(H,15,16). The van der Waals surface area contributed by atoms with Crippen LogP contribution in [0.3, 0.4) is 0 Å². The first-order valence-corrected chi connectivity index (χ1v) is 5.13. The maximum Gasteiger partial charge on any atom is 0.309 e. The number of carbonyl (C=O) groups is 1. The van der Waals surface area contributed by atoms with Crippen LogP contribution in [-0.4, -0.2) is 16.1 Å². The molecule has 1 heterocycles. The molecule has 0 unspecified atom stereocenters. The van der Waals surface area contributed by atoms with Gasteiger partial charge >= 0.3 is 5.97 Å². The average molecular weight is 338 g/mol. The van der Waals surface area contributed by atoms with E-state index in [0.29, 0.717) is 0 Å². The van der Waals surface area contributed by atoms with Crippen molar-refractivity contribution in [3.05, 3.63) is 26.6 Å². The van der Waals surface area contributed by atoms with Crippen LogP contribution in [0.4, 0.5) is 8.78 Å². The number of carboxylic acid groups (broad SMARTS) is 1. The topological polar surface area (TPSA) is 74.0 Å². The summed E-state index contributed by atoms with van der Waals surface area (Å²) in [6.45, 7) is 0. The molecule has 0 aromatic carbocycles. The van der Waals surface area contributed by atoms with Crippen molar-refractivity contribution in [1.29, 1.82) is 5.26 Å². The van der Waals surface area contributed by atoms with E-state index >= 15 is 0 Å². The molecule has 0 fully saturated rings. The van der Waals surface area contributed by atoms with Gasteiger partial charge < -0.3 is 5.11 Å². The molecule has 4 nitrogen and oxygen atoms in total. The van der Waals surface area contributed by atoms with Gasteiger partial charge in [0.1, 0.15) is 11.8 Å². The summed E-state index contributed by atoms with van der Waals surface area (Å²) < 4.78 is 25.1. The molecule has 0 saturated heterocycles. The van der Waals surface area contributed by atoms with Crippen LogP contribution in [0.1, 0.15) is 23.4 Å². The maximum absolute atomic E-state index is 12.5. The Kier molecular flexibility index (Phi) is 4.12. The predicted octanol–water partition coefficient (Wildman–Crippen LogP) is 2.12.